The van der Waals surface area contributed by atoms with Crippen molar-refractivity contribution in [3.05, 3.63) is 99.5 Å². The van der Waals surface area contributed by atoms with E-state index < -0.39 is 11.7 Å². The summed E-state index contributed by atoms with van der Waals surface area (Å²) in [5.41, 5.74) is 2.66. The van der Waals surface area contributed by atoms with Gasteiger partial charge in [0.05, 0.1) is 16.8 Å². The Morgan fingerprint density at radius 3 is 2.00 bits per heavy atom. The van der Waals surface area contributed by atoms with Crippen LogP contribution in [0.5, 0.6) is 0 Å². The van der Waals surface area contributed by atoms with Crippen molar-refractivity contribution in [2.45, 2.75) is 6.18 Å². The van der Waals surface area contributed by atoms with E-state index in [-0.39, 0.29) is 5.78 Å². The number of allylic oxidation sites excluding steroid dienone is 1. The molecule has 0 atom stereocenters. The summed E-state index contributed by atoms with van der Waals surface area (Å²) in [5.74, 6) is -0.213. The van der Waals surface area contributed by atoms with Gasteiger partial charge in [0.2, 0.25) is 0 Å². The lowest BCUT2D eigenvalue weighted by Crippen LogP contribution is -2.06. The molecule has 6 heteroatoms. The smallest absolute Gasteiger partial charge is 0.354 e. The number of Topliss-reactive ketones (excluding diaryl/α,β-unsaturated/α-hetero) is 1. The van der Waals surface area contributed by atoms with Crippen LogP contribution in [0.1, 0.15) is 27.0 Å². The molecule has 1 aliphatic rings. The van der Waals surface area contributed by atoms with Crippen molar-refractivity contribution in [2.75, 3.05) is 5.32 Å². The van der Waals surface area contributed by atoms with Gasteiger partial charge in [-0.15, -0.1) is 0 Å². The predicted molar refractivity (Wildman–Crippen MR) is 107 cm³/mol. The number of anilines is 1. The summed E-state index contributed by atoms with van der Waals surface area (Å²) in [7, 11) is 0. The molecule has 140 valence electrons. The maximum Gasteiger partial charge on any atom is 0.416 e. The lowest BCUT2D eigenvalue weighted by atomic mass is 10.00. The quantitative estimate of drug-likeness (QED) is 0.491. The van der Waals surface area contributed by atoms with Crippen molar-refractivity contribution >= 4 is 38.7 Å². The van der Waals surface area contributed by atoms with Crippen LogP contribution in [0.3, 0.4) is 0 Å². The number of alkyl halides is 3. The highest BCUT2D eigenvalue weighted by Crippen LogP contribution is 2.39. The average molecular weight is 444 g/mol. The number of benzene rings is 3. The lowest BCUT2D eigenvalue weighted by Gasteiger charge is -2.12. The van der Waals surface area contributed by atoms with E-state index in [2.05, 4.69) is 21.2 Å². The summed E-state index contributed by atoms with van der Waals surface area (Å²) in [6, 6.07) is 19.2. The summed E-state index contributed by atoms with van der Waals surface area (Å²) in [6.45, 7) is 0. The fourth-order valence-electron chi connectivity index (χ4n) is 3.19. The standard InChI is InChI=1S/C22H13BrF3NO/c23-15-9-11-16(12-10-15)27-20-17-3-1-2-4-18(17)21(28)19(20)13-5-7-14(8-6-13)22(24,25)26/h1-12,27H. The number of ketones is 1. The molecule has 4 rings (SSSR count). The second-order valence-corrected chi connectivity index (χ2v) is 7.25. The van der Waals surface area contributed by atoms with E-state index in [0.717, 1.165) is 27.9 Å². The molecular weight excluding hydrogens is 431 g/mol. The van der Waals surface area contributed by atoms with Gasteiger partial charge in [-0.25, -0.2) is 0 Å². The second kappa shape index (κ2) is 6.95. The first kappa shape index (κ1) is 18.5. The first-order valence-electron chi connectivity index (χ1n) is 8.43. The zero-order chi connectivity index (χ0) is 19.9. The molecule has 0 aliphatic heterocycles. The highest BCUT2D eigenvalue weighted by Gasteiger charge is 2.33. The fraction of sp³-hybridized carbons (Fsp3) is 0.0455. The van der Waals surface area contributed by atoms with E-state index >= 15 is 0 Å². The van der Waals surface area contributed by atoms with Crippen LogP contribution in [0, 0.1) is 0 Å². The number of fused-ring (bicyclic) bond motifs is 1. The first-order valence-corrected chi connectivity index (χ1v) is 9.22. The van der Waals surface area contributed by atoms with Gasteiger partial charge in [0.15, 0.2) is 5.78 Å². The Bertz CT molecular complexity index is 1080. The fourth-order valence-corrected chi connectivity index (χ4v) is 3.46. The number of nitrogens with one attached hydrogen (secondary N) is 1. The zero-order valence-electron chi connectivity index (χ0n) is 14.3. The van der Waals surface area contributed by atoms with Gasteiger partial charge in [0, 0.05) is 21.3 Å². The van der Waals surface area contributed by atoms with E-state index in [1.54, 1.807) is 12.1 Å². The largest absolute Gasteiger partial charge is 0.416 e. The van der Waals surface area contributed by atoms with Gasteiger partial charge in [0.1, 0.15) is 0 Å². The van der Waals surface area contributed by atoms with Crippen LogP contribution >= 0.6 is 15.9 Å². The van der Waals surface area contributed by atoms with Crippen molar-refractivity contribution in [3.63, 3.8) is 0 Å². The van der Waals surface area contributed by atoms with Gasteiger partial charge in [-0.2, -0.15) is 13.2 Å². The van der Waals surface area contributed by atoms with Gasteiger partial charge in [-0.3, -0.25) is 4.79 Å². The Labute approximate surface area is 167 Å². The number of carbonyl (C=O) groups is 1. The molecule has 0 heterocycles. The van der Waals surface area contributed by atoms with E-state index in [0.29, 0.717) is 22.4 Å². The molecule has 0 saturated heterocycles. The Kier molecular flexibility index (Phi) is 4.59. The number of hydrogen-bond acceptors (Lipinski definition) is 2. The summed E-state index contributed by atoms with van der Waals surface area (Å²) < 4.78 is 39.6. The molecule has 0 unspecified atom stereocenters. The third-order valence-corrected chi connectivity index (χ3v) is 5.06. The number of hydrogen-bond donors (Lipinski definition) is 1. The van der Waals surface area contributed by atoms with Crippen molar-refractivity contribution in [3.8, 4) is 0 Å². The maximum atomic E-state index is 13.0. The van der Waals surface area contributed by atoms with Crippen LogP contribution in [-0.2, 0) is 6.18 Å². The van der Waals surface area contributed by atoms with Crippen LogP contribution in [0.4, 0.5) is 18.9 Å². The topological polar surface area (TPSA) is 29.1 Å². The molecule has 3 aromatic rings. The third kappa shape index (κ3) is 3.36. The molecule has 1 N–H and O–H groups in total. The van der Waals surface area contributed by atoms with Crippen molar-refractivity contribution in [1.29, 1.82) is 0 Å². The molecule has 0 fully saturated rings. The molecule has 0 aromatic heterocycles. The lowest BCUT2D eigenvalue weighted by molar-refractivity contribution is -0.137. The van der Waals surface area contributed by atoms with Crippen molar-refractivity contribution in [1.82, 2.24) is 0 Å². The van der Waals surface area contributed by atoms with Crippen molar-refractivity contribution < 1.29 is 18.0 Å². The molecule has 1 aliphatic carbocycles. The summed E-state index contributed by atoms with van der Waals surface area (Å²) >= 11 is 3.38. The minimum atomic E-state index is -4.42. The number of carbonyl (C=O) groups excluding carboxylic acids is 1. The molecule has 3 aromatic carbocycles. The molecule has 0 bridgehead atoms. The summed E-state index contributed by atoms with van der Waals surface area (Å²) in [4.78, 5) is 13.0. The van der Waals surface area contributed by atoms with Crippen LogP contribution in [-0.4, -0.2) is 5.78 Å². The van der Waals surface area contributed by atoms with E-state index in [1.165, 1.54) is 12.1 Å². The third-order valence-electron chi connectivity index (χ3n) is 4.53. The van der Waals surface area contributed by atoms with Gasteiger partial charge < -0.3 is 5.32 Å². The molecule has 0 amide bonds. The van der Waals surface area contributed by atoms with E-state index in [9.17, 15) is 18.0 Å². The Balaban J connectivity index is 1.83. The summed E-state index contributed by atoms with van der Waals surface area (Å²) in [6.07, 6.45) is -4.42. The summed E-state index contributed by atoms with van der Waals surface area (Å²) in [5, 5.41) is 3.26. The molecule has 0 saturated carbocycles. The minimum Gasteiger partial charge on any atom is -0.354 e. The maximum absolute atomic E-state index is 13.0. The molecule has 2 nitrogen and oxygen atoms in total. The monoisotopic (exact) mass is 443 g/mol. The van der Waals surface area contributed by atoms with E-state index in [4.69, 9.17) is 0 Å². The molecule has 0 radical (unpaired) electrons. The Morgan fingerprint density at radius 1 is 0.786 bits per heavy atom. The first-order chi connectivity index (χ1) is 13.3. The SMILES string of the molecule is O=C1C(c2ccc(C(F)(F)F)cc2)=C(Nc2ccc(Br)cc2)c2ccccc21. The van der Waals surface area contributed by atoms with E-state index in [1.807, 2.05) is 36.4 Å². The Hall–Kier alpha value is -2.86. The van der Waals surface area contributed by atoms with Gasteiger partial charge in [0.25, 0.3) is 0 Å². The predicted octanol–water partition coefficient (Wildman–Crippen LogP) is 6.64. The van der Waals surface area contributed by atoms with Gasteiger partial charge in [-0.05, 0) is 42.0 Å². The van der Waals surface area contributed by atoms with Crippen molar-refractivity contribution in [2.24, 2.45) is 0 Å². The van der Waals surface area contributed by atoms with Crippen LogP contribution in [0.25, 0.3) is 11.3 Å². The van der Waals surface area contributed by atoms with Crippen LogP contribution < -0.4 is 5.32 Å². The molecule has 28 heavy (non-hydrogen) atoms. The number of rotatable bonds is 3. The molecular formula is C22H13BrF3NO. The highest BCUT2D eigenvalue weighted by molar-refractivity contribution is 9.10. The minimum absolute atomic E-state index is 0.213. The average Bonchev–Trinajstić information content (AvgIpc) is 2.95. The van der Waals surface area contributed by atoms with Gasteiger partial charge >= 0.3 is 6.18 Å². The normalized spacial score (nSPS) is 13.6. The Morgan fingerprint density at radius 2 is 1.39 bits per heavy atom. The van der Waals surface area contributed by atoms with Crippen LogP contribution in [0.2, 0.25) is 0 Å². The number of halogens is 4. The van der Waals surface area contributed by atoms with Crippen LogP contribution in [0.15, 0.2) is 77.3 Å². The molecule has 0 spiro atoms. The second-order valence-electron chi connectivity index (χ2n) is 6.33. The zero-order valence-corrected chi connectivity index (χ0v) is 15.9. The highest BCUT2D eigenvalue weighted by atomic mass is 79.9. The van der Waals surface area contributed by atoms with Gasteiger partial charge in [-0.1, -0.05) is 52.3 Å².